The molecular formula is C26H33N. The fraction of sp³-hybridized carbons (Fsp3) is 0.423. The van der Waals surface area contributed by atoms with Gasteiger partial charge in [0.05, 0.1) is 0 Å². The van der Waals surface area contributed by atoms with Gasteiger partial charge >= 0.3 is 0 Å². The molecule has 1 heteroatoms. The lowest BCUT2D eigenvalue weighted by Crippen LogP contribution is -2.04. The first-order valence-corrected chi connectivity index (χ1v) is 10.4. The number of allylic oxidation sites excluding steroid dienone is 4. The molecule has 3 rings (SSSR count). The highest BCUT2D eigenvalue weighted by Crippen LogP contribution is 2.39. The van der Waals surface area contributed by atoms with Crippen molar-refractivity contribution in [1.82, 2.24) is 4.98 Å². The van der Waals surface area contributed by atoms with Crippen molar-refractivity contribution in [3.63, 3.8) is 0 Å². The molecule has 0 saturated carbocycles. The quantitative estimate of drug-likeness (QED) is 0.532. The predicted octanol–water partition coefficient (Wildman–Crippen LogP) is 7.72. The molecular weight excluding hydrogens is 326 g/mol. The Hall–Kier alpha value is -2.15. The number of nitrogens with zero attached hydrogens (tertiary/aromatic N) is 1. The molecule has 1 unspecified atom stereocenters. The van der Waals surface area contributed by atoms with Crippen LogP contribution in [-0.4, -0.2) is 4.98 Å². The van der Waals surface area contributed by atoms with Gasteiger partial charge in [-0.15, -0.1) is 0 Å². The molecule has 1 aromatic heterocycles. The fourth-order valence-electron chi connectivity index (χ4n) is 3.86. The van der Waals surface area contributed by atoms with Crippen molar-refractivity contribution in [3.8, 4) is 11.1 Å². The zero-order valence-corrected chi connectivity index (χ0v) is 17.7. The smallest absolute Gasteiger partial charge is 0.0475 e. The van der Waals surface area contributed by atoms with Crippen LogP contribution < -0.4 is 0 Å². The number of aromatic nitrogens is 1. The molecule has 1 aliphatic carbocycles. The van der Waals surface area contributed by atoms with Crippen molar-refractivity contribution in [2.75, 3.05) is 0 Å². The first kappa shape index (κ1) is 19.6. The van der Waals surface area contributed by atoms with Crippen molar-refractivity contribution in [2.24, 2.45) is 0 Å². The van der Waals surface area contributed by atoms with E-state index >= 15 is 0 Å². The summed E-state index contributed by atoms with van der Waals surface area (Å²) in [5.41, 5.74) is 8.13. The van der Waals surface area contributed by atoms with Gasteiger partial charge in [0.2, 0.25) is 0 Å². The summed E-state index contributed by atoms with van der Waals surface area (Å²) in [5, 5.41) is 0. The number of hydrogen-bond acceptors (Lipinski definition) is 1. The average Bonchev–Trinajstić information content (AvgIpc) is 2.67. The minimum absolute atomic E-state index is 0.404. The summed E-state index contributed by atoms with van der Waals surface area (Å²) in [6.45, 7) is 13.8. The van der Waals surface area contributed by atoms with Crippen LogP contribution in [0.3, 0.4) is 0 Å². The van der Waals surface area contributed by atoms with Gasteiger partial charge in [0.25, 0.3) is 0 Å². The highest BCUT2D eigenvalue weighted by atomic mass is 14.7. The Morgan fingerprint density at radius 2 is 1.52 bits per heavy atom. The van der Waals surface area contributed by atoms with Crippen LogP contribution in [0.15, 0.2) is 54.8 Å². The van der Waals surface area contributed by atoms with E-state index < -0.39 is 0 Å². The lowest BCUT2D eigenvalue weighted by atomic mass is 9.82. The number of rotatable bonds is 5. The summed E-state index contributed by atoms with van der Waals surface area (Å²) < 4.78 is 0. The molecule has 0 amide bonds. The monoisotopic (exact) mass is 359 g/mol. The Kier molecular flexibility index (Phi) is 5.99. The molecule has 142 valence electrons. The lowest BCUT2D eigenvalue weighted by molar-refractivity contribution is 0.805. The Morgan fingerprint density at radius 3 is 1.96 bits per heavy atom. The van der Waals surface area contributed by atoms with E-state index in [-0.39, 0.29) is 0 Å². The van der Waals surface area contributed by atoms with Crippen LogP contribution >= 0.6 is 0 Å². The maximum atomic E-state index is 4.85. The Labute approximate surface area is 165 Å². The lowest BCUT2D eigenvalue weighted by Gasteiger charge is -2.23. The maximum Gasteiger partial charge on any atom is 0.0475 e. The summed E-state index contributed by atoms with van der Waals surface area (Å²) in [6.07, 6.45) is 11.8. The zero-order chi connectivity index (χ0) is 19.6. The second-order valence-corrected chi connectivity index (χ2v) is 8.67. The Bertz CT molecular complexity index is 806. The van der Waals surface area contributed by atoms with Crippen molar-refractivity contribution >= 4 is 0 Å². The Morgan fingerprint density at radius 1 is 0.852 bits per heavy atom. The van der Waals surface area contributed by atoms with Gasteiger partial charge in [0.15, 0.2) is 0 Å². The molecule has 1 aliphatic rings. The molecule has 1 nitrogen and oxygen atoms in total. The van der Waals surface area contributed by atoms with Crippen molar-refractivity contribution < 1.29 is 0 Å². The van der Waals surface area contributed by atoms with Gasteiger partial charge in [-0.2, -0.15) is 0 Å². The zero-order valence-electron chi connectivity index (χ0n) is 17.7. The molecule has 0 radical (unpaired) electrons. The van der Waals surface area contributed by atoms with Crippen molar-refractivity contribution in [1.29, 1.82) is 0 Å². The van der Waals surface area contributed by atoms with Crippen LogP contribution in [0.4, 0.5) is 0 Å². The van der Waals surface area contributed by atoms with Gasteiger partial charge in [-0.25, -0.2) is 0 Å². The Balaban J connectivity index is 2.09. The van der Waals surface area contributed by atoms with E-state index in [1.54, 1.807) is 0 Å². The SMILES string of the molecule is CC(C)c1cc(C(C)C)c(-c2ccc(C3C=CC=CC3)nc2)c(C(C)C)c1. The fourth-order valence-corrected chi connectivity index (χ4v) is 3.86. The molecule has 0 aliphatic heterocycles. The van der Waals surface area contributed by atoms with Gasteiger partial charge in [-0.3, -0.25) is 4.98 Å². The summed E-state index contributed by atoms with van der Waals surface area (Å²) in [6, 6.07) is 9.32. The number of benzene rings is 1. The number of pyridine rings is 1. The first-order valence-electron chi connectivity index (χ1n) is 10.4. The predicted molar refractivity (Wildman–Crippen MR) is 118 cm³/mol. The van der Waals surface area contributed by atoms with E-state index in [1.807, 2.05) is 0 Å². The highest BCUT2D eigenvalue weighted by Gasteiger charge is 2.19. The van der Waals surface area contributed by atoms with Gasteiger partial charge in [-0.05, 0) is 52.5 Å². The van der Waals surface area contributed by atoms with Crippen LogP contribution in [-0.2, 0) is 0 Å². The van der Waals surface area contributed by atoms with E-state index in [1.165, 1.54) is 27.8 Å². The minimum atomic E-state index is 0.404. The van der Waals surface area contributed by atoms with E-state index in [0.29, 0.717) is 23.7 Å². The second kappa shape index (κ2) is 8.25. The molecule has 1 heterocycles. The molecule has 0 N–H and O–H groups in total. The average molecular weight is 360 g/mol. The summed E-state index contributed by atoms with van der Waals surface area (Å²) in [5.74, 6) is 1.92. The highest BCUT2D eigenvalue weighted by molar-refractivity contribution is 5.73. The van der Waals surface area contributed by atoms with Crippen LogP contribution in [0.2, 0.25) is 0 Å². The van der Waals surface area contributed by atoms with Gasteiger partial charge in [-0.1, -0.05) is 84.0 Å². The van der Waals surface area contributed by atoms with Crippen LogP contribution in [0, 0.1) is 0 Å². The molecule has 2 aromatic rings. The van der Waals surface area contributed by atoms with Gasteiger partial charge in [0, 0.05) is 23.4 Å². The third-order valence-corrected chi connectivity index (χ3v) is 5.57. The third kappa shape index (κ3) is 4.24. The molecule has 1 aromatic carbocycles. The van der Waals surface area contributed by atoms with E-state index in [0.717, 1.165) is 12.1 Å². The van der Waals surface area contributed by atoms with Crippen molar-refractivity contribution in [3.05, 3.63) is 77.2 Å². The second-order valence-electron chi connectivity index (χ2n) is 8.67. The molecule has 0 spiro atoms. The third-order valence-electron chi connectivity index (χ3n) is 5.57. The van der Waals surface area contributed by atoms with Crippen LogP contribution in [0.25, 0.3) is 11.1 Å². The van der Waals surface area contributed by atoms with E-state index in [2.05, 4.69) is 96.3 Å². The summed E-state index contributed by atoms with van der Waals surface area (Å²) in [7, 11) is 0. The molecule has 1 atom stereocenters. The topological polar surface area (TPSA) is 12.9 Å². The van der Waals surface area contributed by atoms with Crippen molar-refractivity contribution in [2.45, 2.75) is 71.6 Å². The van der Waals surface area contributed by atoms with Crippen LogP contribution in [0.5, 0.6) is 0 Å². The van der Waals surface area contributed by atoms with E-state index in [9.17, 15) is 0 Å². The summed E-state index contributed by atoms with van der Waals surface area (Å²) >= 11 is 0. The van der Waals surface area contributed by atoms with Gasteiger partial charge < -0.3 is 0 Å². The molecule has 0 bridgehead atoms. The molecule has 27 heavy (non-hydrogen) atoms. The van der Waals surface area contributed by atoms with E-state index in [4.69, 9.17) is 4.98 Å². The molecule has 0 saturated heterocycles. The standard InChI is InChI=1S/C26H33N/c1-17(2)22-14-23(18(3)4)26(24(15-22)19(5)6)21-12-13-25(27-16-21)20-10-8-7-9-11-20/h7-10,12-20H,11H2,1-6H3. The van der Waals surface area contributed by atoms with Crippen LogP contribution in [0.1, 0.15) is 94.0 Å². The van der Waals surface area contributed by atoms with Gasteiger partial charge in [0.1, 0.15) is 0 Å². The first-order chi connectivity index (χ1) is 12.9. The molecule has 0 fully saturated rings. The number of hydrogen-bond donors (Lipinski definition) is 0. The normalized spacial score (nSPS) is 16.7. The largest absolute Gasteiger partial charge is 0.260 e. The minimum Gasteiger partial charge on any atom is -0.260 e. The maximum absolute atomic E-state index is 4.85. The summed E-state index contributed by atoms with van der Waals surface area (Å²) in [4.78, 5) is 4.85.